The number of benzene rings is 1. The van der Waals surface area contributed by atoms with Crippen LogP contribution in [0.3, 0.4) is 0 Å². The van der Waals surface area contributed by atoms with Crippen LogP contribution in [0.25, 0.3) is 0 Å². The number of carbonyl (C=O) groups excluding carboxylic acids is 2. The third-order valence-corrected chi connectivity index (χ3v) is 5.29. The van der Waals surface area contributed by atoms with E-state index in [-0.39, 0.29) is 23.4 Å². The zero-order valence-corrected chi connectivity index (χ0v) is 15.7. The van der Waals surface area contributed by atoms with E-state index < -0.39 is 11.7 Å². The van der Waals surface area contributed by atoms with E-state index in [1.165, 1.54) is 12.1 Å². The van der Waals surface area contributed by atoms with Gasteiger partial charge in [-0.1, -0.05) is 0 Å². The SMILES string of the molecule is CC(C(=O)N1CCOCC1)N1CCN(C(=O)c2ccc(C(F)(F)F)cc2)CC1. The molecule has 1 unspecified atom stereocenters. The maximum absolute atomic E-state index is 12.7. The maximum atomic E-state index is 12.7. The average Bonchev–Trinajstić information content (AvgIpc) is 2.72. The minimum absolute atomic E-state index is 0.0609. The number of halogens is 3. The number of ether oxygens (including phenoxy) is 1. The average molecular weight is 399 g/mol. The minimum atomic E-state index is -4.42. The first-order valence-corrected chi connectivity index (χ1v) is 9.34. The Morgan fingerprint density at radius 1 is 0.929 bits per heavy atom. The third kappa shape index (κ3) is 4.64. The van der Waals surface area contributed by atoms with Crippen LogP contribution in [-0.2, 0) is 15.7 Å². The topological polar surface area (TPSA) is 53.1 Å². The molecule has 154 valence electrons. The number of alkyl halides is 3. The van der Waals surface area contributed by atoms with Gasteiger partial charge in [-0.15, -0.1) is 0 Å². The summed E-state index contributed by atoms with van der Waals surface area (Å²) in [4.78, 5) is 30.6. The normalized spacial score (nSPS) is 20.1. The fourth-order valence-electron chi connectivity index (χ4n) is 3.50. The first-order chi connectivity index (χ1) is 13.3. The van der Waals surface area contributed by atoms with E-state index in [1.54, 1.807) is 9.80 Å². The van der Waals surface area contributed by atoms with E-state index in [4.69, 9.17) is 4.74 Å². The van der Waals surface area contributed by atoms with Gasteiger partial charge in [0.05, 0.1) is 24.8 Å². The largest absolute Gasteiger partial charge is 0.416 e. The Bertz CT molecular complexity index is 695. The van der Waals surface area contributed by atoms with Crippen LogP contribution < -0.4 is 0 Å². The molecule has 0 aromatic heterocycles. The summed E-state index contributed by atoms with van der Waals surface area (Å²) in [7, 11) is 0. The minimum Gasteiger partial charge on any atom is -0.378 e. The van der Waals surface area contributed by atoms with Gasteiger partial charge in [0.2, 0.25) is 5.91 Å². The second-order valence-corrected chi connectivity index (χ2v) is 7.02. The summed E-state index contributed by atoms with van der Waals surface area (Å²) in [5.41, 5.74) is -0.539. The number of nitrogens with zero attached hydrogens (tertiary/aromatic N) is 3. The molecule has 0 N–H and O–H groups in total. The molecule has 0 bridgehead atoms. The van der Waals surface area contributed by atoms with Crippen molar-refractivity contribution in [3.8, 4) is 0 Å². The molecule has 1 aromatic rings. The summed E-state index contributed by atoms with van der Waals surface area (Å²) >= 11 is 0. The molecule has 6 nitrogen and oxygen atoms in total. The van der Waals surface area contributed by atoms with Gasteiger partial charge < -0.3 is 14.5 Å². The van der Waals surface area contributed by atoms with Crippen molar-refractivity contribution in [1.82, 2.24) is 14.7 Å². The Balaban J connectivity index is 1.54. The van der Waals surface area contributed by atoms with Crippen molar-refractivity contribution in [2.24, 2.45) is 0 Å². The number of hydrogen-bond acceptors (Lipinski definition) is 4. The molecule has 2 saturated heterocycles. The number of amides is 2. The summed E-state index contributed by atoms with van der Waals surface area (Å²) < 4.78 is 43.2. The predicted molar refractivity (Wildman–Crippen MR) is 95.8 cm³/mol. The Morgan fingerprint density at radius 3 is 2.04 bits per heavy atom. The van der Waals surface area contributed by atoms with Crippen LogP contribution in [-0.4, -0.2) is 85.0 Å². The molecular weight excluding hydrogens is 375 g/mol. The molecule has 2 aliphatic heterocycles. The third-order valence-electron chi connectivity index (χ3n) is 5.29. The number of carbonyl (C=O) groups is 2. The summed E-state index contributed by atoms with van der Waals surface area (Å²) in [5.74, 6) is -0.230. The van der Waals surface area contributed by atoms with Gasteiger partial charge in [-0.05, 0) is 31.2 Å². The van der Waals surface area contributed by atoms with Gasteiger partial charge in [0, 0.05) is 44.8 Å². The van der Waals surface area contributed by atoms with Gasteiger partial charge in [0.25, 0.3) is 5.91 Å². The van der Waals surface area contributed by atoms with Crippen molar-refractivity contribution in [3.05, 3.63) is 35.4 Å². The van der Waals surface area contributed by atoms with E-state index in [2.05, 4.69) is 0 Å². The highest BCUT2D eigenvalue weighted by Crippen LogP contribution is 2.29. The summed E-state index contributed by atoms with van der Waals surface area (Å²) in [6.07, 6.45) is -4.42. The standard InChI is InChI=1S/C19H24F3N3O3/c1-14(17(26)25-10-12-28-13-11-25)23-6-8-24(9-7-23)18(27)15-2-4-16(5-3-15)19(20,21)22/h2-5,14H,6-13H2,1H3. The van der Waals surface area contributed by atoms with Crippen molar-refractivity contribution < 1.29 is 27.5 Å². The molecule has 2 aliphatic rings. The van der Waals surface area contributed by atoms with Gasteiger partial charge in [0.15, 0.2) is 0 Å². The van der Waals surface area contributed by atoms with E-state index >= 15 is 0 Å². The zero-order valence-electron chi connectivity index (χ0n) is 15.7. The van der Waals surface area contributed by atoms with Crippen molar-refractivity contribution in [1.29, 1.82) is 0 Å². The summed E-state index contributed by atoms with van der Waals surface area (Å²) in [6.45, 7) is 6.10. The lowest BCUT2D eigenvalue weighted by Gasteiger charge is -2.39. The fourth-order valence-corrected chi connectivity index (χ4v) is 3.50. The molecule has 0 spiro atoms. The van der Waals surface area contributed by atoms with Gasteiger partial charge in [-0.3, -0.25) is 14.5 Å². The maximum Gasteiger partial charge on any atom is 0.416 e. The number of piperazine rings is 1. The number of rotatable bonds is 3. The van der Waals surface area contributed by atoms with Gasteiger partial charge in [0.1, 0.15) is 0 Å². The van der Waals surface area contributed by atoms with E-state index in [9.17, 15) is 22.8 Å². The molecule has 2 heterocycles. The van der Waals surface area contributed by atoms with E-state index in [0.717, 1.165) is 12.1 Å². The molecule has 2 amide bonds. The first-order valence-electron chi connectivity index (χ1n) is 9.34. The second kappa shape index (κ2) is 8.48. The Labute approximate surface area is 161 Å². The first kappa shape index (κ1) is 20.6. The van der Waals surface area contributed by atoms with E-state index in [0.29, 0.717) is 52.5 Å². The summed E-state index contributed by atoms with van der Waals surface area (Å²) in [6, 6.07) is 3.99. The lowest BCUT2D eigenvalue weighted by Crippen LogP contribution is -2.56. The quantitative estimate of drug-likeness (QED) is 0.777. The molecule has 0 radical (unpaired) electrons. The fraction of sp³-hybridized carbons (Fsp3) is 0.579. The Hall–Kier alpha value is -2.13. The van der Waals surface area contributed by atoms with Crippen molar-refractivity contribution >= 4 is 11.8 Å². The van der Waals surface area contributed by atoms with Crippen LogP contribution in [0.2, 0.25) is 0 Å². The van der Waals surface area contributed by atoms with Crippen LogP contribution in [0.15, 0.2) is 24.3 Å². The van der Waals surface area contributed by atoms with Crippen LogP contribution in [0.4, 0.5) is 13.2 Å². The van der Waals surface area contributed by atoms with Crippen LogP contribution >= 0.6 is 0 Å². The van der Waals surface area contributed by atoms with Crippen LogP contribution in [0.5, 0.6) is 0 Å². The van der Waals surface area contributed by atoms with Crippen molar-refractivity contribution in [3.63, 3.8) is 0 Å². The number of morpholine rings is 1. The molecule has 0 aliphatic carbocycles. The molecule has 9 heteroatoms. The highest BCUT2D eigenvalue weighted by Gasteiger charge is 2.32. The second-order valence-electron chi connectivity index (χ2n) is 7.02. The molecular formula is C19H24F3N3O3. The molecule has 3 rings (SSSR count). The number of hydrogen-bond donors (Lipinski definition) is 0. The lowest BCUT2D eigenvalue weighted by molar-refractivity contribution is -0.141. The van der Waals surface area contributed by atoms with Crippen molar-refractivity contribution in [2.75, 3.05) is 52.5 Å². The highest BCUT2D eigenvalue weighted by atomic mass is 19.4. The predicted octanol–water partition coefficient (Wildman–Crippen LogP) is 1.71. The Kier molecular flexibility index (Phi) is 6.24. The zero-order chi connectivity index (χ0) is 20.3. The van der Waals surface area contributed by atoms with Gasteiger partial charge >= 0.3 is 6.18 Å². The monoisotopic (exact) mass is 399 g/mol. The van der Waals surface area contributed by atoms with Crippen molar-refractivity contribution in [2.45, 2.75) is 19.1 Å². The Morgan fingerprint density at radius 2 is 1.50 bits per heavy atom. The van der Waals surface area contributed by atoms with Gasteiger partial charge in [-0.2, -0.15) is 13.2 Å². The van der Waals surface area contributed by atoms with Crippen LogP contribution in [0, 0.1) is 0 Å². The van der Waals surface area contributed by atoms with Gasteiger partial charge in [-0.25, -0.2) is 0 Å². The van der Waals surface area contributed by atoms with E-state index in [1.807, 2.05) is 11.8 Å². The molecule has 0 saturated carbocycles. The molecule has 2 fully saturated rings. The smallest absolute Gasteiger partial charge is 0.378 e. The molecule has 1 atom stereocenters. The molecule has 28 heavy (non-hydrogen) atoms. The highest BCUT2D eigenvalue weighted by molar-refractivity contribution is 5.94. The van der Waals surface area contributed by atoms with Crippen LogP contribution in [0.1, 0.15) is 22.8 Å². The molecule has 1 aromatic carbocycles. The summed E-state index contributed by atoms with van der Waals surface area (Å²) in [5, 5.41) is 0. The lowest BCUT2D eigenvalue weighted by atomic mass is 10.1.